The van der Waals surface area contributed by atoms with Crippen molar-refractivity contribution in [1.29, 1.82) is 0 Å². The van der Waals surface area contributed by atoms with Gasteiger partial charge in [0.1, 0.15) is 16.1 Å². The van der Waals surface area contributed by atoms with Crippen molar-refractivity contribution < 1.29 is 4.55 Å². The molecule has 0 aliphatic carbocycles. The highest BCUT2D eigenvalue weighted by Crippen LogP contribution is 2.17. The molecule has 1 aromatic heterocycles. The van der Waals surface area contributed by atoms with Crippen LogP contribution in [0, 0.1) is 6.92 Å². The van der Waals surface area contributed by atoms with Gasteiger partial charge in [0.15, 0.2) is 0 Å². The summed E-state index contributed by atoms with van der Waals surface area (Å²) >= 11 is 0.365. The third-order valence-electron chi connectivity index (χ3n) is 1.44. The third-order valence-corrected chi connectivity index (χ3v) is 3.63. The molecule has 0 bridgehead atoms. The van der Waals surface area contributed by atoms with E-state index in [1.54, 1.807) is 23.7 Å². The Morgan fingerprint density at radius 3 is 2.64 bits per heavy atom. The number of thiazole rings is 1. The Bertz CT molecular complexity index is 328. The molecule has 0 aromatic carbocycles. The van der Waals surface area contributed by atoms with Gasteiger partial charge < -0.3 is 4.55 Å². The zero-order valence-electron chi connectivity index (χ0n) is 8.77. The second-order valence-corrected chi connectivity index (χ2v) is 7.08. The molecule has 1 unspecified atom stereocenters. The molecule has 1 rings (SSSR count). The molecule has 0 radical (unpaired) electrons. The predicted octanol–water partition coefficient (Wildman–Crippen LogP) is 2.33. The van der Waals surface area contributed by atoms with Crippen LogP contribution >= 0.6 is 11.3 Å². The molecule has 0 aliphatic rings. The highest BCUT2D eigenvalue weighted by Gasteiger charge is 2.25. The zero-order chi connectivity index (χ0) is 10.8. The van der Waals surface area contributed by atoms with E-state index in [1.807, 2.05) is 27.7 Å². The zero-order valence-corrected chi connectivity index (χ0v) is 10.4. The highest BCUT2D eigenvalue weighted by molar-refractivity contribution is 7.91. The van der Waals surface area contributed by atoms with Crippen molar-refractivity contribution in [2.45, 2.75) is 32.4 Å². The summed E-state index contributed by atoms with van der Waals surface area (Å²) in [5.41, 5.74) is 0. The molecule has 0 saturated carbocycles. The first-order valence-electron chi connectivity index (χ1n) is 4.28. The molecule has 1 aromatic rings. The average molecular weight is 230 g/mol. The van der Waals surface area contributed by atoms with Crippen LogP contribution < -0.4 is 0 Å². The van der Waals surface area contributed by atoms with Gasteiger partial charge in [-0.05, 0) is 27.7 Å². The summed E-state index contributed by atoms with van der Waals surface area (Å²) in [7, 11) is 0. The van der Waals surface area contributed by atoms with Gasteiger partial charge >= 0.3 is 0 Å². The maximum Gasteiger partial charge on any atom is 0.144 e. The fraction of sp³-hybridized carbons (Fsp3) is 0.556. The minimum absolute atomic E-state index is 0.295. The quantitative estimate of drug-likeness (QED) is 0.578. The first-order chi connectivity index (χ1) is 6.39. The van der Waals surface area contributed by atoms with Gasteiger partial charge in [-0.3, -0.25) is 0 Å². The average Bonchev–Trinajstić information content (AvgIpc) is 2.45. The minimum atomic E-state index is -1.18. The Labute approximate surface area is 91.6 Å². The second-order valence-electron chi connectivity index (χ2n) is 3.88. The number of rotatable bonds is 2. The molecule has 0 fully saturated rings. The van der Waals surface area contributed by atoms with Crippen LogP contribution in [0.5, 0.6) is 0 Å². The second kappa shape index (κ2) is 4.42. The summed E-state index contributed by atoms with van der Waals surface area (Å²) in [6, 6.07) is 0. The summed E-state index contributed by atoms with van der Waals surface area (Å²) in [6.45, 7) is 7.64. The molecule has 14 heavy (non-hydrogen) atoms. The third kappa shape index (κ3) is 3.40. The van der Waals surface area contributed by atoms with Gasteiger partial charge in [-0.15, -0.1) is 11.3 Å². The largest absolute Gasteiger partial charge is 0.591 e. The lowest BCUT2D eigenvalue weighted by atomic mass is 10.3. The van der Waals surface area contributed by atoms with E-state index in [1.165, 1.54) is 0 Å². The number of hydrogen-bond donors (Lipinski definition) is 0. The molecule has 78 valence electrons. The molecule has 3 nitrogen and oxygen atoms in total. The van der Waals surface area contributed by atoms with Crippen LogP contribution in [0.2, 0.25) is 0 Å². The van der Waals surface area contributed by atoms with E-state index in [-0.39, 0.29) is 4.75 Å². The van der Waals surface area contributed by atoms with Crippen LogP contribution in [0.4, 0.5) is 0 Å². The van der Waals surface area contributed by atoms with E-state index < -0.39 is 11.4 Å². The summed E-state index contributed by atoms with van der Waals surface area (Å²) < 4.78 is 15.2. The summed E-state index contributed by atoms with van der Waals surface area (Å²) in [4.78, 5) is 5.03. The predicted molar refractivity (Wildman–Crippen MR) is 62.3 cm³/mol. The lowest BCUT2D eigenvalue weighted by Crippen LogP contribution is -2.25. The van der Waals surface area contributed by atoms with Crippen LogP contribution in [0.15, 0.2) is 10.6 Å². The molecular weight excluding hydrogens is 216 g/mol. The van der Waals surface area contributed by atoms with Crippen molar-refractivity contribution in [2.75, 3.05) is 0 Å². The number of aromatic nitrogens is 1. The molecule has 0 saturated heterocycles. The SMILES string of the molecule is Cc1ncc(C=N[S+]([O-])C(C)(C)C)s1. The van der Waals surface area contributed by atoms with E-state index in [2.05, 4.69) is 9.38 Å². The van der Waals surface area contributed by atoms with Gasteiger partial charge in [0.25, 0.3) is 0 Å². The van der Waals surface area contributed by atoms with Crippen molar-refractivity contribution >= 4 is 28.9 Å². The van der Waals surface area contributed by atoms with Gasteiger partial charge in [0, 0.05) is 6.20 Å². The first kappa shape index (κ1) is 11.7. The summed E-state index contributed by atoms with van der Waals surface area (Å²) in [5.74, 6) is 0. The van der Waals surface area contributed by atoms with E-state index in [9.17, 15) is 4.55 Å². The molecule has 0 aliphatic heterocycles. The Kier molecular flexibility index (Phi) is 3.69. The van der Waals surface area contributed by atoms with Crippen LogP contribution in [0.1, 0.15) is 30.7 Å². The number of nitrogens with zero attached hydrogens (tertiary/aromatic N) is 2. The van der Waals surface area contributed by atoms with Crippen LogP contribution in [0.25, 0.3) is 0 Å². The van der Waals surface area contributed by atoms with Crippen LogP contribution in [0.3, 0.4) is 0 Å². The normalized spacial score (nSPS) is 14.9. The lowest BCUT2D eigenvalue weighted by molar-refractivity contribution is 0.562. The molecular formula is C9H14N2OS2. The van der Waals surface area contributed by atoms with Crippen LogP contribution in [-0.4, -0.2) is 20.5 Å². The summed E-state index contributed by atoms with van der Waals surface area (Å²) in [5, 5.41) is 0.994. The van der Waals surface area contributed by atoms with E-state index >= 15 is 0 Å². The Hall–Kier alpha value is -0.390. The smallest absolute Gasteiger partial charge is 0.144 e. The summed E-state index contributed by atoms with van der Waals surface area (Å²) in [6.07, 6.45) is 3.37. The van der Waals surface area contributed by atoms with Crippen molar-refractivity contribution in [1.82, 2.24) is 4.98 Å². The molecule has 0 spiro atoms. The number of hydrogen-bond acceptors (Lipinski definition) is 4. The van der Waals surface area contributed by atoms with Gasteiger partial charge in [-0.25, -0.2) is 4.98 Å². The standard InChI is InChI=1S/C9H14N2OS2/c1-7-10-5-8(13-7)6-11-14(12)9(2,3)4/h5-6H,1-4H3. The van der Waals surface area contributed by atoms with Gasteiger partial charge in [0.2, 0.25) is 0 Å². The maximum absolute atomic E-state index is 11.5. The van der Waals surface area contributed by atoms with Gasteiger partial charge in [0.05, 0.1) is 16.1 Å². The topological polar surface area (TPSA) is 48.3 Å². The van der Waals surface area contributed by atoms with Crippen molar-refractivity contribution in [2.24, 2.45) is 4.40 Å². The minimum Gasteiger partial charge on any atom is -0.591 e. The molecule has 0 N–H and O–H groups in total. The van der Waals surface area contributed by atoms with Crippen molar-refractivity contribution in [3.8, 4) is 0 Å². The van der Waals surface area contributed by atoms with E-state index in [0.29, 0.717) is 0 Å². The first-order valence-corrected chi connectivity index (χ1v) is 6.20. The highest BCUT2D eigenvalue weighted by atomic mass is 32.2. The Morgan fingerprint density at radius 2 is 2.21 bits per heavy atom. The Morgan fingerprint density at radius 1 is 1.57 bits per heavy atom. The molecule has 0 amide bonds. The number of aryl methyl sites for hydroxylation is 1. The molecule has 5 heteroatoms. The van der Waals surface area contributed by atoms with E-state index in [4.69, 9.17) is 0 Å². The van der Waals surface area contributed by atoms with Crippen molar-refractivity contribution in [3.05, 3.63) is 16.1 Å². The van der Waals surface area contributed by atoms with Gasteiger partial charge in [-0.2, -0.15) is 0 Å². The maximum atomic E-state index is 11.5. The fourth-order valence-corrected chi connectivity index (χ4v) is 1.94. The Balaban J connectivity index is 2.65. The van der Waals surface area contributed by atoms with Gasteiger partial charge in [-0.1, -0.05) is 4.40 Å². The fourth-order valence-electron chi connectivity index (χ4n) is 0.695. The molecule has 1 heterocycles. The van der Waals surface area contributed by atoms with E-state index in [0.717, 1.165) is 9.88 Å². The monoisotopic (exact) mass is 230 g/mol. The van der Waals surface area contributed by atoms with Crippen LogP contribution in [-0.2, 0) is 11.4 Å². The molecule has 1 atom stereocenters. The van der Waals surface area contributed by atoms with Crippen molar-refractivity contribution in [3.63, 3.8) is 0 Å². The lowest BCUT2D eigenvalue weighted by Gasteiger charge is -2.17.